The number of hydrogen-bond acceptors (Lipinski definition) is 9. The van der Waals surface area contributed by atoms with E-state index >= 15 is 0 Å². The quantitative estimate of drug-likeness (QED) is 0.378. The van der Waals surface area contributed by atoms with Crippen molar-refractivity contribution in [3.63, 3.8) is 0 Å². The number of nitrogens with one attached hydrogen (secondary N) is 1. The standard InChI is InChI=1S/C17H10N6O4S/c18-9-14(21-20-13-6-1-2-7-16(13)23(26)27)17-19-15(10-28-17)11-4-3-5-12(8-11)22(24)25/h1-8,10,20H/b21-14+. The van der Waals surface area contributed by atoms with Gasteiger partial charge in [-0.05, 0) is 6.07 Å². The van der Waals surface area contributed by atoms with E-state index in [9.17, 15) is 25.5 Å². The van der Waals surface area contributed by atoms with Crippen molar-refractivity contribution in [2.75, 3.05) is 5.43 Å². The molecule has 3 aromatic rings. The minimum Gasteiger partial charge on any atom is -0.270 e. The summed E-state index contributed by atoms with van der Waals surface area (Å²) in [5.74, 6) is 0. The lowest BCUT2D eigenvalue weighted by Crippen LogP contribution is -2.03. The molecule has 11 heteroatoms. The van der Waals surface area contributed by atoms with Gasteiger partial charge in [-0.1, -0.05) is 24.3 Å². The summed E-state index contributed by atoms with van der Waals surface area (Å²) >= 11 is 1.13. The molecule has 0 atom stereocenters. The van der Waals surface area contributed by atoms with Crippen LogP contribution in [-0.4, -0.2) is 20.5 Å². The average Bonchev–Trinajstić information content (AvgIpc) is 3.19. The van der Waals surface area contributed by atoms with E-state index in [0.29, 0.717) is 11.3 Å². The second kappa shape index (κ2) is 8.02. The monoisotopic (exact) mass is 394 g/mol. The summed E-state index contributed by atoms with van der Waals surface area (Å²) in [6, 6.07) is 13.7. The number of thiazole rings is 1. The number of aromatic nitrogens is 1. The predicted octanol–water partition coefficient (Wildman–Crippen LogP) is 3.97. The maximum absolute atomic E-state index is 11.0. The Kier molecular flexibility index (Phi) is 5.33. The Morgan fingerprint density at radius 1 is 1.14 bits per heavy atom. The number of benzene rings is 2. The highest BCUT2D eigenvalue weighted by Crippen LogP contribution is 2.26. The Morgan fingerprint density at radius 3 is 2.64 bits per heavy atom. The van der Waals surface area contributed by atoms with Gasteiger partial charge < -0.3 is 0 Å². The number of nitro benzene ring substituents is 2. The van der Waals surface area contributed by atoms with Crippen LogP contribution in [0.25, 0.3) is 11.3 Å². The Labute approximate surface area is 161 Å². The number of nitrogens with zero attached hydrogens (tertiary/aromatic N) is 5. The molecular weight excluding hydrogens is 384 g/mol. The van der Waals surface area contributed by atoms with Crippen LogP contribution < -0.4 is 5.43 Å². The summed E-state index contributed by atoms with van der Waals surface area (Å²) in [6.07, 6.45) is 0. The molecule has 2 aromatic carbocycles. The van der Waals surface area contributed by atoms with Crippen LogP contribution in [-0.2, 0) is 0 Å². The van der Waals surface area contributed by atoms with Gasteiger partial charge in [0.1, 0.15) is 11.8 Å². The van der Waals surface area contributed by atoms with Crippen LogP contribution in [0.4, 0.5) is 17.1 Å². The van der Waals surface area contributed by atoms with E-state index in [2.05, 4.69) is 15.5 Å². The number of hydrogen-bond donors (Lipinski definition) is 1. The van der Waals surface area contributed by atoms with Gasteiger partial charge in [0.05, 0.1) is 15.5 Å². The van der Waals surface area contributed by atoms with Gasteiger partial charge in [0, 0.05) is 29.1 Å². The molecule has 0 unspecified atom stereocenters. The maximum atomic E-state index is 11.0. The molecule has 0 spiro atoms. The molecule has 0 radical (unpaired) electrons. The average molecular weight is 394 g/mol. The van der Waals surface area contributed by atoms with Crippen LogP contribution in [0, 0.1) is 31.6 Å². The fraction of sp³-hybridized carbons (Fsp3) is 0. The first-order chi connectivity index (χ1) is 13.5. The van der Waals surface area contributed by atoms with Gasteiger partial charge in [-0.15, -0.1) is 11.3 Å². The molecule has 0 saturated heterocycles. The topological polar surface area (TPSA) is 147 Å². The summed E-state index contributed by atoms with van der Waals surface area (Å²) in [6.45, 7) is 0. The Morgan fingerprint density at radius 2 is 1.93 bits per heavy atom. The molecule has 1 N–H and O–H groups in total. The van der Waals surface area contributed by atoms with Crippen LogP contribution >= 0.6 is 11.3 Å². The number of non-ortho nitro benzene ring substituents is 1. The second-order valence-electron chi connectivity index (χ2n) is 5.30. The fourth-order valence-corrected chi connectivity index (χ4v) is 3.02. The number of nitriles is 1. The van der Waals surface area contributed by atoms with Crippen LogP contribution in [0.3, 0.4) is 0 Å². The highest BCUT2D eigenvalue weighted by Gasteiger charge is 2.15. The zero-order chi connectivity index (χ0) is 20.1. The van der Waals surface area contributed by atoms with Crippen molar-refractivity contribution in [3.05, 3.63) is 79.1 Å². The molecule has 0 amide bonds. The number of hydrazone groups is 1. The first-order valence-electron chi connectivity index (χ1n) is 7.67. The van der Waals surface area contributed by atoms with Crippen LogP contribution in [0.2, 0.25) is 0 Å². The van der Waals surface area contributed by atoms with Crippen molar-refractivity contribution in [3.8, 4) is 17.3 Å². The van der Waals surface area contributed by atoms with Gasteiger partial charge in [-0.3, -0.25) is 25.7 Å². The molecule has 3 rings (SSSR count). The van der Waals surface area contributed by atoms with E-state index in [1.54, 1.807) is 23.6 Å². The first-order valence-corrected chi connectivity index (χ1v) is 8.55. The molecule has 0 bridgehead atoms. The molecule has 0 saturated carbocycles. The number of anilines is 1. The van der Waals surface area contributed by atoms with Crippen molar-refractivity contribution in [2.24, 2.45) is 5.10 Å². The van der Waals surface area contributed by atoms with Gasteiger partial charge in [0.2, 0.25) is 0 Å². The van der Waals surface area contributed by atoms with E-state index in [1.165, 1.54) is 30.3 Å². The number of rotatable bonds is 6. The van der Waals surface area contributed by atoms with E-state index in [1.807, 2.05) is 6.07 Å². The zero-order valence-electron chi connectivity index (χ0n) is 14.0. The van der Waals surface area contributed by atoms with Crippen LogP contribution in [0.1, 0.15) is 5.01 Å². The highest BCUT2D eigenvalue weighted by atomic mass is 32.1. The molecule has 10 nitrogen and oxygen atoms in total. The lowest BCUT2D eigenvalue weighted by molar-refractivity contribution is -0.384. The molecule has 1 aromatic heterocycles. The van der Waals surface area contributed by atoms with Crippen molar-refractivity contribution in [1.29, 1.82) is 5.26 Å². The van der Waals surface area contributed by atoms with E-state index in [-0.39, 0.29) is 27.8 Å². The van der Waals surface area contributed by atoms with Gasteiger partial charge in [0.15, 0.2) is 10.7 Å². The SMILES string of the molecule is N#C/C(=N\Nc1ccccc1[N+](=O)[O-])c1nc(-c2cccc([N+](=O)[O-])c2)cs1. The van der Waals surface area contributed by atoms with Crippen molar-refractivity contribution >= 4 is 34.1 Å². The van der Waals surface area contributed by atoms with Crippen molar-refractivity contribution in [1.82, 2.24) is 4.98 Å². The van der Waals surface area contributed by atoms with Gasteiger partial charge >= 0.3 is 0 Å². The first kappa shape index (κ1) is 18.6. The van der Waals surface area contributed by atoms with Crippen LogP contribution in [0.5, 0.6) is 0 Å². The highest BCUT2D eigenvalue weighted by molar-refractivity contribution is 7.12. The Hall–Kier alpha value is -4.17. The largest absolute Gasteiger partial charge is 0.294 e. The molecule has 0 aliphatic rings. The van der Waals surface area contributed by atoms with E-state index in [4.69, 9.17) is 0 Å². The summed E-state index contributed by atoms with van der Waals surface area (Å²) < 4.78 is 0. The normalized spacial score (nSPS) is 10.9. The lowest BCUT2D eigenvalue weighted by atomic mass is 10.1. The van der Waals surface area contributed by atoms with Crippen molar-refractivity contribution < 1.29 is 9.85 Å². The van der Waals surface area contributed by atoms with Gasteiger partial charge in [-0.2, -0.15) is 10.4 Å². The smallest absolute Gasteiger partial charge is 0.270 e. The zero-order valence-corrected chi connectivity index (χ0v) is 14.8. The summed E-state index contributed by atoms with van der Waals surface area (Å²) in [5, 5.41) is 37.1. The van der Waals surface area contributed by atoms with Crippen molar-refractivity contribution in [2.45, 2.75) is 0 Å². The molecule has 28 heavy (non-hydrogen) atoms. The summed E-state index contributed by atoms with van der Waals surface area (Å²) in [5.41, 5.74) is 3.32. The maximum Gasteiger partial charge on any atom is 0.294 e. The Balaban J connectivity index is 1.88. The summed E-state index contributed by atoms with van der Waals surface area (Å²) in [7, 11) is 0. The molecule has 0 aliphatic heterocycles. The van der Waals surface area contributed by atoms with E-state index < -0.39 is 9.85 Å². The molecule has 0 aliphatic carbocycles. The third-order valence-corrected chi connectivity index (χ3v) is 4.40. The molecule has 138 valence electrons. The molecular formula is C17H10N6O4S. The number of para-hydroxylation sites is 2. The van der Waals surface area contributed by atoms with E-state index in [0.717, 1.165) is 11.3 Å². The fourth-order valence-electron chi connectivity index (χ4n) is 2.26. The lowest BCUT2D eigenvalue weighted by Gasteiger charge is -2.01. The minimum atomic E-state index is -0.562. The minimum absolute atomic E-state index is 0.0696. The predicted molar refractivity (Wildman–Crippen MR) is 103 cm³/mol. The number of nitro groups is 2. The van der Waals surface area contributed by atoms with Crippen LogP contribution in [0.15, 0.2) is 59.0 Å². The third-order valence-electron chi connectivity index (χ3n) is 3.55. The van der Waals surface area contributed by atoms with Gasteiger partial charge in [0.25, 0.3) is 11.4 Å². The second-order valence-corrected chi connectivity index (χ2v) is 6.16. The third kappa shape index (κ3) is 3.97. The molecule has 1 heterocycles. The summed E-state index contributed by atoms with van der Waals surface area (Å²) in [4.78, 5) is 25.2. The van der Waals surface area contributed by atoms with Gasteiger partial charge in [-0.25, -0.2) is 4.98 Å². The molecule has 0 fully saturated rings. The Bertz CT molecular complexity index is 1130.